The fraction of sp³-hybridized carbons (Fsp3) is 0.636. The molecule has 2 aliphatic rings. The van der Waals surface area contributed by atoms with Gasteiger partial charge in [0.1, 0.15) is 0 Å². The number of thiophene rings is 1. The molecule has 1 N–H and O–H groups in total. The van der Waals surface area contributed by atoms with Crippen LogP contribution in [0.3, 0.4) is 0 Å². The summed E-state index contributed by atoms with van der Waals surface area (Å²) in [5, 5.41) is 12.1. The first-order valence-corrected chi connectivity index (χ1v) is 5.94. The molecule has 3 rings (SSSR count). The highest BCUT2D eigenvalue weighted by Gasteiger charge is 2.47. The second kappa shape index (κ2) is 2.82. The first-order chi connectivity index (χ1) is 6.34. The number of hydrogen-bond donors (Lipinski definition) is 1. The van der Waals surface area contributed by atoms with Crippen molar-refractivity contribution < 1.29 is 5.11 Å². The van der Waals surface area contributed by atoms with Gasteiger partial charge in [-0.3, -0.25) is 0 Å². The van der Waals surface area contributed by atoms with Crippen molar-refractivity contribution in [1.82, 2.24) is 0 Å². The highest BCUT2D eigenvalue weighted by Crippen LogP contribution is 2.57. The lowest BCUT2D eigenvalue weighted by atomic mass is 9.96. The standard InChI is InChI=1S/C11H14OS/c12-11(10-2-1-3-13-10)9-5-7-4-8(7)6-9/h1-3,7-9,11-12H,4-6H2. The monoisotopic (exact) mass is 194 g/mol. The molecule has 2 fully saturated rings. The molecule has 0 spiro atoms. The minimum absolute atomic E-state index is 0.173. The van der Waals surface area contributed by atoms with Crippen LogP contribution in [0, 0.1) is 17.8 Å². The molecule has 1 nitrogen and oxygen atoms in total. The predicted molar refractivity (Wildman–Crippen MR) is 53.6 cm³/mol. The Labute approximate surface area is 82.4 Å². The largest absolute Gasteiger partial charge is 0.387 e. The summed E-state index contributed by atoms with van der Waals surface area (Å²) in [6.07, 6.45) is 3.80. The molecule has 0 bridgehead atoms. The highest BCUT2D eigenvalue weighted by atomic mass is 32.1. The van der Waals surface area contributed by atoms with Crippen LogP contribution in [0.15, 0.2) is 17.5 Å². The summed E-state index contributed by atoms with van der Waals surface area (Å²) < 4.78 is 0. The zero-order valence-electron chi connectivity index (χ0n) is 7.52. The Balaban J connectivity index is 1.72. The Bertz CT molecular complexity index is 283. The van der Waals surface area contributed by atoms with E-state index in [0.717, 1.165) is 16.7 Å². The van der Waals surface area contributed by atoms with Gasteiger partial charge in [-0.2, -0.15) is 0 Å². The molecule has 3 unspecified atom stereocenters. The van der Waals surface area contributed by atoms with Gasteiger partial charge in [0.05, 0.1) is 6.10 Å². The third-order valence-corrected chi connectivity index (χ3v) is 4.50. The van der Waals surface area contributed by atoms with Crippen molar-refractivity contribution >= 4 is 11.3 Å². The minimum Gasteiger partial charge on any atom is -0.387 e. The van der Waals surface area contributed by atoms with Crippen molar-refractivity contribution in [2.24, 2.45) is 17.8 Å². The Morgan fingerprint density at radius 2 is 2.08 bits per heavy atom. The summed E-state index contributed by atoms with van der Waals surface area (Å²) in [5.41, 5.74) is 0. The molecule has 0 saturated heterocycles. The van der Waals surface area contributed by atoms with Crippen LogP contribution in [0.1, 0.15) is 30.2 Å². The molecule has 1 aromatic heterocycles. The molecular weight excluding hydrogens is 180 g/mol. The fourth-order valence-electron chi connectivity index (χ4n) is 2.71. The molecule has 0 aliphatic heterocycles. The molecular formula is C11H14OS. The van der Waals surface area contributed by atoms with Crippen molar-refractivity contribution in [1.29, 1.82) is 0 Å². The zero-order chi connectivity index (χ0) is 8.84. The van der Waals surface area contributed by atoms with Crippen molar-refractivity contribution in [3.05, 3.63) is 22.4 Å². The highest BCUT2D eigenvalue weighted by molar-refractivity contribution is 7.10. The molecule has 0 amide bonds. The van der Waals surface area contributed by atoms with Crippen LogP contribution in [-0.4, -0.2) is 5.11 Å². The van der Waals surface area contributed by atoms with E-state index in [4.69, 9.17) is 0 Å². The molecule has 2 aliphatic carbocycles. The summed E-state index contributed by atoms with van der Waals surface area (Å²) in [6, 6.07) is 4.08. The summed E-state index contributed by atoms with van der Waals surface area (Å²) in [6.45, 7) is 0. The maximum atomic E-state index is 10.1. The van der Waals surface area contributed by atoms with Crippen molar-refractivity contribution in [2.45, 2.75) is 25.4 Å². The van der Waals surface area contributed by atoms with Gasteiger partial charge in [0.25, 0.3) is 0 Å². The zero-order valence-corrected chi connectivity index (χ0v) is 8.33. The first kappa shape index (κ1) is 8.01. The van der Waals surface area contributed by atoms with Crippen LogP contribution in [0.5, 0.6) is 0 Å². The maximum Gasteiger partial charge on any atom is 0.0910 e. The average molecular weight is 194 g/mol. The lowest BCUT2D eigenvalue weighted by molar-refractivity contribution is 0.108. The van der Waals surface area contributed by atoms with Crippen molar-refractivity contribution in [2.75, 3.05) is 0 Å². The van der Waals surface area contributed by atoms with Crippen LogP contribution in [-0.2, 0) is 0 Å². The molecule has 3 atom stereocenters. The molecule has 1 heterocycles. The van der Waals surface area contributed by atoms with Crippen LogP contribution >= 0.6 is 11.3 Å². The molecule has 0 radical (unpaired) electrons. The number of aliphatic hydroxyl groups is 1. The number of rotatable bonds is 2. The molecule has 1 aromatic rings. The lowest BCUT2D eigenvalue weighted by Crippen LogP contribution is -2.09. The normalized spacial score (nSPS) is 38.7. The third-order valence-electron chi connectivity index (χ3n) is 3.56. The van der Waals surface area contributed by atoms with E-state index in [1.807, 2.05) is 11.4 Å². The van der Waals surface area contributed by atoms with Gasteiger partial charge in [-0.15, -0.1) is 11.3 Å². The van der Waals surface area contributed by atoms with Crippen molar-refractivity contribution in [3.8, 4) is 0 Å². The van der Waals surface area contributed by atoms with Gasteiger partial charge in [0, 0.05) is 4.88 Å². The van der Waals surface area contributed by atoms with E-state index >= 15 is 0 Å². The third kappa shape index (κ3) is 1.32. The summed E-state index contributed by atoms with van der Waals surface area (Å²) in [5.74, 6) is 2.50. The molecule has 2 saturated carbocycles. The molecule has 2 heteroatoms. The Hall–Kier alpha value is -0.340. The van der Waals surface area contributed by atoms with E-state index in [1.165, 1.54) is 19.3 Å². The van der Waals surface area contributed by atoms with Gasteiger partial charge >= 0.3 is 0 Å². The Morgan fingerprint density at radius 3 is 2.69 bits per heavy atom. The average Bonchev–Trinajstić information content (AvgIpc) is 2.63. The van der Waals surface area contributed by atoms with Crippen LogP contribution in [0.25, 0.3) is 0 Å². The second-order valence-corrected chi connectivity index (χ2v) is 5.43. The predicted octanol–water partition coefficient (Wildman–Crippen LogP) is 2.83. The fourth-order valence-corrected chi connectivity index (χ4v) is 3.51. The Kier molecular flexibility index (Phi) is 1.74. The summed E-state index contributed by atoms with van der Waals surface area (Å²) in [4.78, 5) is 1.16. The number of fused-ring (bicyclic) bond motifs is 1. The van der Waals surface area contributed by atoms with E-state index in [-0.39, 0.29) is 6.10 Å². The summed E-state index contributed by atoms with van der Waals surface area (Å²) in [7, 11) is 0. The van der Waals surface area contributed by atoms with Gasteiger partial charge in [-0.05, 0) is 48.5 Å². The minimum atomic E-state index is -0.173. The second-order valence-electron chi connectivity index (χ2n) is 4.45. The Morgan fingerprint density at radius 1 is 1.31 bits per heavy atom. The van der Waals surface area contributed by atoms with E-state index in [9.17, 15) is 5.11 Å². The van der Waals surface area contributed by atoms with Crippen LogP contribution in [0.2, 0.25) is 0 Å². The maximum absolute atomic E-state index is 10.1. The van der Waals surface area contributed by atoms with Gasteiger partial charge < -0.3 is 5.11 Å². The van der Waals surface area contributed by atoms with Gasteiger partial charge in [-0.25, -0.2) is 0 Å². The van der Waals surface area contributed by atoms with Gasteiger partial charge in [-0.1, -0.05) is 6.07 Å². The van der Waals surface area contributed by atoms with Crippen LogP contribution < -0.4 is 0 Å². The van der Waals surface area contributed by atoms with Gasteiger partial charge in [0.15, 0.2) is 0 Å². The molecule has 13 heavy (non-hydrogen) atoms. The smallest absolute Gasteiger partial charge is 0.0910 e. The lowest BCUT2D eigenvalue weighted by Gasteiger charge is -2.17. The first-order valence-electron chi connectivity index (χ1n) is 5.06. The number of aliphatic hydroxyl groups excluding tert-OH is 1. The van der Waals surface area contributed by atoms with E-state index < -0.39 is 0 Å². The van der Waals surface area contributed by atoms with Crippen molar-refractivity contribution in [3.63, 3.8) is 0 Å². The van der Waals surface area contributed by atoms with Crippen LogP contribution in [0.4, 0.5) is 0 Å². The van der Waals surface area contributed by atoms with E-state index in [2.05, 4.69) is 6.07 Å². The topological polar surface area (TPSA) is 20.2 Å². The van der Waals surface area contributed by atoms with E-state index in [1.54, 1.807) is 11.3 Å². The molecule has 0 aromatic carbocycles. The molecule has 70 valence electrons. The quantitative estimate of drug-likeness (QED) is 0.767. The number of hydrogen-bond acceptors (Lipinski definition) is 2. The SMILES string of the molecule is OC(c1cccs1)C1CC2CC2C1. The van der Waals surface area contributed by atoms with Gasteiger partial charge in [0.2, 0.25) is 0 Å². The van der Waals surface area contributed by atoms with E-state index in [0.29, 0.717) is 5.92 Å². The summed E-state index contributed by atoms with van der Waals surface area (Å²) >= 11 is 1.68.